The second kappa shape index (κ2) is 8.85. The van der Waals surface area contributed by atoms with Crippen molar-refractivity contribution in [3.63, 3.8) is 0 Å². The van der Waals surface area contributed by atoms with Crippen molar-refractivity contribution in [2.45, 2.75) is 19.4 Å². The molecule has 0 radical (unpaired) electrons. The van der Waals surface area contributed by atoms with Crippen molar-refractivity contribution >= 4 is 17.2 Å². The highest BCUT2D eigenvalue weighted by Crippen LogP contribution is 2.20. The number of thiophene rings is 1. The minimum atomic E-state index is -0.0418. The monoisotopic (exact) mass is 344 g/mol. The average molecular weight is 344 g/mol. The smallest absolute Gasteiger partial charge is 0.257 e. The molecule has 1 aromatic heterocycles. The Morgan fingerprint density at radius 1 is 1.17 bits per heavy atom. The zero-order chi connectivity index (χ0) is 16.6. The normalized spacial score (nSPS) is 16.0. The first-order valence-corrected chi connectivity index (χ1v) is 9.37. The number of hydrogen-bond acceptors (Lipinski definition) is 4. The van der Waals surface area contributed by atoms with Crippen LogP contribution in [0.1, 0.15) is 17.7 Å². The topological polar surface area (TPSA) is 41.6 Å². The molecule has 0 saturated carbocycles. The Kier molecular flexibility index (Phi) is 6.26. The van der Waals surface area contributed by atoms with Crippen LogP contribution in [0.4, 0.5) is 0 Å². The van der Waals surface area contributed by atoms with E-state index in [4.69, 9.17) is 4.74 Å². The van der Waals surface area contributed by atoms with Gasteiger partial charge < -0.3 is 10.1 Å². The van der Waals surface area contributed by atoms with Crippen molar-refractivity contribution < 1.29 is 9.53 Å². The van der Waals surface area contributed by atoms with Gasteiger partial charge in [-0.3, -0.25) is 9.69 Å². The van der Waals surface area contributed by atoms with Gasteiger partial charge in [0.15, 0.2) is 6.61 Å². The number of carbonyl (C=O) groups excluding carboxylic acids is 1. The highest BCUT2D eigenvalue weighted by atomic mass is 32.1. The molecule has 0 atom stereocenters. The van der Waals surface area contributed by atoms with Gasteiger partial charge in [0.25, 0.3) is 5.91 Å². The van der Waals surface area contributed by atoms with Gasteiger partial charge in [0, 0.05) is 18.0 Å². The second-order valence-electron chi connectivity index (χ2n) is 6.20. The number of piperidine rings is 1. The Bertz CT molecular complexity index is 608. The molecule has 1 fully saturated rings. The van der Waals surface area contributed by atoms with E-state index in [-0.39, 0.29) is 12.5 Å². The van der Waals surface area contributed by atoms with Crippen molar-refractivity contribution in [1.29, 1.82) is 0 Å². The standard InChI is InChI=1S/C19H24N2O2S/c22-19(15-23-17-5-2-1-3-6-17)20-13-16-8-10-21(11-9-16)14-18-7-4-12-24-18/h1-7,12,16H,8-11,13-15H2,(H,20,22). The van der Waals surface area contributed by atoms with Crippen LogP contribution in [0.2, 0.25) is 0 Å². The van der Waals surface area contributed by atoms with E-state index in [1.54, 1.807) is 0 Å². The molecule has 4 nitrogen and oxygen atoms in total. The largest absolute Gasteiger partial charge is 0.484 e. The second-order valence-corrected chi connectivity index (χ2v) is 7.24. The number of carbonyl (C=O) groups is 1. The zero-order valence-electron chi connectivity index (χ0n) is 13.8. The summed E-state index contributed by atoms with van der Waals surface area (Å²) < 4.78 is 5.46. The summed E-state index contributed by atoms with van der Waals surface area (Å²) in [5.41, 5.74) is 0. The van der Waals surface area contributed by atoms with Gasteiger partial charge in [-0.15, -0.1) is 11.3 Å². The lowest BCUT2D eigenvalue weighted by molar-refractivity contribution is -0.123. The lowest BCUT2D eigenvalue weighted by atomic mass is 9.97. The number of amides is 1. The van der Waals surface area contributed by atoms with Crippen molar-refractivity contribution in [2.75, 3.05) is 26.2 Å². The van der Waals surface area contributed by atoms with Crippen LogP contribution >= 0.6 is 11.3 Å². The molecule has 0 aliphatic carbocycles. The summed E-state index contributed by atoms with van der Waals surface area (Å²) in [7, 11) is 0. The lowest BCUT2D eigenvalue weighted by Gasteiger charge is -2.31. The summed E-state index contributed by atoms with van der Waals surface area (Å²) in [5, 5.41) is 5.14. The van der Waals surface area contributed by atoms with E-state index in [0.29, 0.717) is 5.92 Å². The predicted octanol–water partition coefficient (Wildman–Crippen LogP) is 3.16. The van der Waals surface area contributed by atoms with Gasteiger partial charge in [0.05, 0.1) is 0 Å². The van der Waals surface area contributed by atoms with Gasteiger partial charge in [0.1, 0.15) is 5.75 Å². The van der Waals surface area contributed by atoms with Gasteiger partial charge >= 0.3 is 0 Å². The van der Waals surface area contributed by atoms with Crippen LogP contribution in [0.25, 0.3) is 0 Å². The van der Waals surface area contributed by atoms with Crippen LogP contribution < -0.4 is 10.1 Å². The van der Waals surface area contributed by atoms with Gasteiger partial charge in [0.2, 0.25) is 0 Å². The third kappa shape index (κ3) is 5.35. The fourth-order valence-corrected chi connectivity index (χ4v) is 3.69. The molecule has 1 aliphatic heterocycles. The van der Waals surface area contributed by atoms with Crippen molar-refractivity contribution in [3.05, 3.63) is 52.7 Å². The van der Waals surface area contributed by atoms with Crippen molar-refractivity contribution in [1.82, 2.24) is 10.2 Å². The summed E-state index contributed by atoms with van der Waals surface area (Å²) in [6.45, 7) is 4.12. The van der Waals surface area contributed by atoms with Crippen LogP contribution in [0.15, 0.2) is 47.8 Å². The molecule has 1 N–H and O–H groups in total. The SMILES string of the molecule is O=C(COc1ccccc1)NCC1CCN(Cc2cccs2)CC1. The van der Waals surface area contributed by atoms with Crippen LogP contribution in [0, 0.1) is 5.92 Å². The third-order valence-electron chi connectivity index (χ3n) is 4.37. The van der Waals surface area contributed by atoms with E-state index in [1.807, 2.05) is 41.7 Å². The molecular weight excluding hydrogens is 320 g/mol. The Labute approximate surface area is 147 Å². The summed E-state index contributed by atoms with van der Waals surface area (Å²) in [6, 6.07) is 13.8. The van der Waals surface area contributed by atoms with Crippen LogP contribution in [0.3, 0.4) is 0 Å². The van der Waals surface area contributed by atoms with Gasteiger partial charge in [-0.2, -0.15) is 0 Å². The zero-order valence-corrected chi connectivity index (χ0v) is 14.6. The number of nitrogens with zero attached hydrogens (tertiary/aromatic N) is 1. The molecule has 3 rings (SSSR count). The number of likely N-dealkylation sites (tertiary alicyclic amines) is 1. The number of rotatable bonds is 7. The van der Waals surface area contributed by atoms with Crippen LogP contribution in [-0.2, 0) is 11.3 Å². The number of ether oxygens (including phenoxy) is 1. The van der Waals surface area contributed by atoms with Gasteiger partial charge in [-0.05, 0) is 55.4 Å². The highest BCUT2D eigenvalue weighted by Gasteiger charge is 2.20. The maximum Gasteiger partial charge on any atom is 0.257 e. The molecule has 0 bridgehead atoms. The summed E-state index contributed by atoms with van der Waals surface area (Å²) in [5.74, 6) is 1.26. The highest BCUT2D eigenvalue weighted by molar-refractivity contribution is 7.09. The molecule has 1 aromatic carbocycles. The molecule has 5 heteroatoms. The molecule has 128 valence electrons. The van der Waals surface area contributed by atoms with E-state index in [9.17, 15) is 4.79 Å². The fourth-order valence-electron chi connectivity index (χ4n) is 2.95. The fraction of sp³-hybridized carbons (Fsp3) is 0.421. The Morgan fingerprint density at radius 2 is 1.96 bits per heavy atom. The Morgan fingerprint density at radius 3 is 2.67 bits per heavy atom. The number of hydrogen-bond donors (Lipinski definition) is 1. The van der Waals surface area contributed by atoms with E-state index < -0.39 is 0 Å². The molecular formula is C19H24N2O2S. The predicted molar refractivity (Wildman–Crippen MR) is 97.3 cm³/mol. The average Bonchev–Trinajstić information content (AvgIpc) is 3.13. The molecule has 2 heterocycles. The quantitative estimate of drug-likeness (QED) is 0.839. The maximum absolute atomic E-state index is 11.9. The van der Waals surface area contributed by atoms with E-state index in [0.717, 1.165) is 44.8 Å². The van der Waals surface area contributed by atoms with Crippen molar-refractivity contribution in [2.24, 2.45) is 5.92 Å². The molecule has 0 unspecified atom stereocenters. The van der Waals surface area contributed by atoms with E-state index in [2.05, 4.69) is 27.7 Å². The minimum absolute atomic E-state index is 0.0418. The molecule has 1 amide bonds. The third-order valence-corrected chi connectivity index (χ3v) is 5.23. The van der Waals surface area contributed by atoms with Crippen LogP contribution in [-0.4, -0.2) is 37.0 Å². The summed E-state index contributed by atoms with van der Waals surface area (Å²) >= 11 is 1.82. The Hall–Kier alpha value is -1.85. The minimum Gasteiger partial charge on any atom is -0.484 e. The molecule has 0 spiro atoms. The molecule has 24 heavy (non-hydrogen) atoms. The van der Waals surface area contributed by atoms with Crippen LogP contribution in [0.5, 0.6) is 5.75 Å². The first-order chi connectivity index (χ1) is 11.8. The number of benzene rings is 1. The molecule has 1 aliphatic rings. The Balaban J connectivity index is 1.31. The lowest BCUT2D eigenvalue weighted by Crippen LogP contribution is -2.39. The van der Waals surface area contributed by atoms with E-state index in [1.165, 1.54) is 4.88 Å². The van der Waals surface area contributed by atoms with Gasteiger partial charge in [-0.25, -0.2) is 0 Å². The first kappa shape index (κ1) is 17.0. The molecule has 2 aromatic rings. The maximum atomic E-state index is 11.9. The number of para-hydroxylation sites is 1. The summed E-state index contributed by atoms with van der Waals surface area (Å²) in [4.78, 5) is 15.8. The van der Waals surface area contributed by atoms with Gasteiger partial charge in [-0.1, -0.05) is 24.3 Å². The first-order valence-electron chi connectivity index (χ1n) is 8.49. The van der Waals surface area contributed by atoms with Crippen molar-refractivity contribution in [3.8, 4) is 5.75 Å². The van der Waals surface area contributed by atoms with E-state index >= 15 is 0 Å². The number of nitrogens with one attached hydrogen (secondary N) is 1. The summed E-state index contributed by atoms with van der Waals surface area (Å²) in [6.07, 6.45) is 2.29. The molecule has 1 saturated heterocycles.